The van der Waals surface area contributed by atoms with E-state index in [9.17, 15) is 9.59 Å². The number of ether oxygens (including phenoxy) is 1. The number of carbonyl (C=O) groups is 2. The first kappa shape index (κ1) is 19.5. The first-order valence-electron chi connectivity index (χ1n) is 8.92. The minimum atomic E-state index is -0.268. The van der Waals surface area contributed by atoms with E-state index >= 15 is 0 Å². The second kappa shape index (κ2) is 9.61. The van der Waals surface area contributed by atoms with Crippen LogP contribution in [0, 0.1) is 5.92 Å². The molecule has 0 saturated heterocycles. The Kier molecular flexibility index (Phi) is 7.21. The fraction of sp³-hybridized carbons (Fsp3) is 0.333. The molecular weight excluding hydrogens is 328 g/mol. The highest BCUT2D eigenvalue weighted by atomic mass is 16.5. The predicted molar refractivity (Wildman–Crippen MR) is 104 cm³/mol. The van der Waals surface area contributed by atoms with Crippen molar-refractivity contribution < 1.29 is 14.3 Å². The van der Waals surface area contributed by atoms with Gasteiger partial charge in [0.15, 0.2) is 0 Å². The molecule has 0 heterocycles. The van der Waals surface area contributed by atoms with E-state index in [1.807, 2.05) is 6.92 Å². The fourth-order valence-electron chi connectivity index (χ4n) is 2.36. The van der Waals surface area contributed by atoms with Crippen LogP contribution in [0.3, 0.4) is 0 Å². The Hall–Kier alpha value is -2.82. The quantitative estimate of drug-likeness (QED) is 0.749. The van der Waals surface area contributed by atoms with Crippen molar-refractivity contribution in [3.8, 4) is 5.75 Å². The average Bonchev–Trinajstić information content (AvgIpc) is 2.62. The summed E-state index contributed by atoms with van der Waals surface area (Å²) in [6, 6.07) is 13.9. The molecule has 0 spiro atoms. The van der Waals surface area contributed by atoms with Crippen LogP contribution in [0.4, 0.5) is 5.69 Å². The molecule has 0 aromatic heterocycles. The normalized spacial score (nSPS) is 10.5. The van der Waals surface area contributed by atoms with Crippen LogP contribution in [-0.2, 0) is 0 Å². The average molecular weight is 354 g/mol. The minimum Gasteiger partial charge on any atom is -0.494 e. The summed E-state index contributed by atoms with van der Waals surface area (Å²) in [4.78, 5) is 24.6. The standard InChI is InChI=1S/C21H26N2O3/c1-4-22-21(25)18-7-5-6-8-19(18)23-20(24)16-9-11-17(12-10-16)26-14-13-15(2)3/h5-12,15H,4,13-14H2,1-3H3,(H,22,25)(H,23,24). The molecule has 0 unspecified atom stereocenters. The number of nitrogens with one attached hydrogen (secondary N) is 2. The first-order chi connectivity index (χ1) is 12.5. The highest BCUT2D eigenvalue weighted by Gasteiger charge is 2.13. The summed E-state index contributed by atoms with van der Waals surface area (Å²) in [6.45, 7) is 7.33. The largest absolute Gasteiger partial charge is 0.494 e. The zero-order chi connectivity index (χ0) is 18.9. The summed E-state index contributed by atoms with van der Waals surface area (Å²) in [6.07, 6.45) is 0.985. The van der Waals surface area contributed by atoms with E-state index in [2.05, 4.69) is 24.5 Å². The van der Waals surface area contributed by atoms with E-state index in [1.165, 1.54) is 0 Å². The molecule has 2 N–H and O–H groups in total. The first-order valence-corrected chi connectivity index (χ1v) is 8.92. The lowest BCUT2D eigenvalue weighted by molar-refractivity contribution is 0.0956. The molecule has 0 radical (unpaired) electrons. The highest BCUT2D eigenvalue weighted by Crippen LogP contribution is 2.18. The van der Waals surface area contributed by atoms with Crippen LogP contribution in [0.1, 0.15) is 47.9 Å². The number of amides is 2. The molecule has 138 valence electrons. The van der Waals surface area contributed by atoms with Gasteiger partial charge >= 0.3 is 0 Å². The third-order valence-electron chi connectivity index (χ3n) is 3.84. The summed E-state index contributed by atoms with van der Waals surface area (Å²) >= 11 is 0. The van der Waals surface area contributed by atoms with Crippen LogP contribution in [0.25, 0.3) is 0 Å². The van der Waals surface area contributed by atoms with Gasteiger partial charge < -0.3 is 15.4 Å². The van der Waals surface area contributed by atoms with Gasteiger partial charge in [-0.25, -0.2) is 0 Å². The van der Waals surface area contributed by atoms with Crippen molar-refractivity contribution in [3.63, 3.8) is 0 Å². The molecule has 0 bridgehead atoms. The van der Waals surface area contributed by atoms with Crippen LogP contribution in [0.2, 0.25) is 0 Å². The van der Waals surface area contributed by atoms with Crippen LogP contribution in [0.15, 0.2) is 48.5 Å². The van der Waals surface area contributed by atoms with Crippen molar-refractivity contribution in [3.05, 3.63) is 59.7 Å². The molecule has 0 aliphatic rings. The maximum atomic E-state index is 12.5. The van der Waals surface area contributed by atoms with Gasteiger partial charge in [0, 0.05) is 12.1 Å². The van der Waals surface area contributed by atoms with E-state index in [0.717, 1.165) is 12.2 Å². The molecule has 0 saturated carbocycles. The minimum absolute atomic E-state index is 0.211. The smallest absolute Gasteiger partial charge is 0.255 e. The van der Waals surface area contributed by atoms with Crippen molar-refractivity contribution in [2.24, 2.45) is 5.92 Å². The molecule has 2 rings (SSSR count). The van der Waals surface area contributed by atoms with E-state index in [1.54, 1.807) is 48.5 Å². The molecule has 2 aromatic carbocycles. The van der Waals surface area contributed by atoms with E-state index in [0.29, 0.717) is 35.9 Å². The second-order valence-corrected chi connectivity index (χ2v) is 6.41. The van der Waals surface area contributed by atoms with Crippen molar-refractivity contribution >= 4 is 17.5 Å². The van der Waals surface area contributed by atoms with Crippen molar-refractivity contribution in [2.75, 3.05) is 18.5 Å². The topological polar surface area (TPSA) is 67.4 Å². The predicted octanol–water partition coefficient (Wildman–Crippen LogP) is 4.11. The molecular formula is C21H26N2O3. The van der Waals surface area contributed by atoms with Gasteiger partial charge in [-0.2, -0.15) is 0 Å². The van der Waals surface area contributed by atoms with Gasteiger partial charge in [-0.15, -0.1) is 0 Å². The summed E-state index contributed by atoms with van der Waals surface area (Å²) in [5, 5.41) is 5.55. The van der Waals surface area contributed by atoms with Gasteiger partial charge in [0.05, 0.1) is 17.9 Å². The van der Waals surface area contributed by atoms with Gasteiger partial charge in [-0.05, 0) is 55.7 Å². The molecule has 26 heavy (non-hydrogen) atoms. The number of carbonyl (C=O) groups excluding carboxylic acids is 2. The Labute approximate surface area is 154 Å². The maximum Gasteiger partial charge on any atom is 0.255 e. The number of hydrogen-bond acceptors (Lipinski definition) is 3. The van der Waals surface area contributed by atoms with Gasteiger partial charge in [-0.1, -0.05) is 26.0 Å². The number of benzene rings is 2. The number of rotatable bonds is 8. The van der Waals surface area contributed by atoms with Crippen LogP contribution < -0.4 is 15.4 Å². The molecule has 5 heteroatoms. The Morgan fingerprint density at radius 1 is 1.00 bits per heavy atom. The van der Waals surface area contributed by atoms with Crippen LogP contribution >= 0.6 is 0 Å². The number of anilines is 1. The van der Waals surface area contributed by atoms with Crippen LogP contribution in [-0.4, -0.2) is 25.0 Å². The van der Waals surface area contributed by atoms with Crippen LogP contribution in [0.5, 0.6) is 5.75 Å². The molecule has 0 aliphatic heterocycles. The maximum absolute atomic E-state index is 12.5. The Morgan fingerprint density at radius 3 is 2.35 bits per heavy atom. The second-order valence-electron chi connectivity index (χ2n) is 6.41. The van der Waals surface area contributed by atoms with Crippen molar-refractivity contribution in [1.82, 2.24) is 5.32 Å². The zero-order valence-electron chi connectivity index (χ0n) is 15.5. The Balaban J connectivity index is 2.03. The monoisotopic (exact) mass is 354 g/mol. The van der Waals surface area contributed by atoms with Gasteiger partial charge in [0.25, 0.3) is 11.8 Å². The lowest BCUT2D eigenvalue weighted by Gasteiger charge is -2.11. The lowest BCUT2D eigenvalue weighted by atomic mass is 10.1. The summed E-state index contributed by atoms with van der Waals surface area (Å²) in [7, 11) is 0. The van der Waals surface area contributed by atoms with E-state index in [4.69, 9.17) is 4.74 Å². The molecule has 0 atom stereocenters. The fourth-order valence-corrected chi connectivity index (χ4v) is 2.36. The summed E-state index contributed by atoms with van der Waals surface area (Å²) in [5.74, 6) is 0.850. The Bertz CT molecular complexity index is 739. The van der Waals surface area contributed by atoms with Crippen molar-refractivity contribution in [2.45, 2.75) is 27.2 Å². The highest BCUT2D eigenvalue weighted by molar-refractivity contribution is 6.09. The Morgan fingerprint density at radius 2 is 1.69 bits per heavy atom. The SMILES string of the molecule is CCNC(=O)c1ccccc1NC(=O)c1ccc(OCCC(C)C)cc1. The molecule has 2 aromatic rings. The summed E-state index contributed by atoms with van der Waals surface area (Å²) < 4.78 is 5.66. The summed E-state index contributed by atoms with van der Waals surface area (Å²) in [5.41, 5.74) is 1.43. The van der Waals surface area contributed by atoms with E-state index < -0.39 is 0 Å². The molecule has 2 amide bonds. The van der Waals surface area contributed by atoms with Gasteiger partial charge in [0.1, 0.15) is 5.75 Å². The van der Waals surface area contributed by atoms with E-state index in [-0.39, 0.29) is 11.8 Å². The van der Waals surface area contributed by atoms with Gasteiger partial charge in [0.2, 0.25) is 0 Å². The van der Waals surface area contributed by atoms with Crippen molar-refractivity contribution in [1.29, 1.82) is 0 Å². The third-order valence-corrected chi connectivity index (χ3v) is 3.84. The number of para-hydroxylation sites is 1. The van der Waals surface area contributed by atoms with Gasteiger partial charge in [-0.3, -0.25) is 9.59 Å². The molecule has 0 fully saturated rings. The third kappa shape index (κ3) is 5.62. The molecule has 5 nitrogen and oxygen atoms in total. The number of hydrogen-bond donors (Lipinski definition) is 2. The zero-order valence-corrected chi connectivity index (χ0v) is 15.5. The molecule has 0 aliphatic carbocycles. The lowest BCUT2D eigenvalue weighted by Crippen LogP contribution is -2.24.